The van der Waals surface area contributed by atoms with E-state index in [0.29, 0.717) is 12.0 Å². The van der Waals surface area contributed by atoms with Gasteiger partial charge in [-0.2, -0.15) is 0 Å². The number of aliphatic carboxylic acids is 1. The molecule has 1 aliphatic heterocycles. The van der Waals surface area contributed by atoms with Crippen molar-refractivity contribution < 1.29 is 19.4 Å². The van der Waals surface area contributed by atoms with Gasteiger partial charge in [-0.05, 0) is 18.9 Å². The van der Waals surface area contributed by atoms with Gasteiger partial charge in [-0.1, -0.05) is 13.8 Å². The van der Waals surface area contributed by atoms with Gasteiger partial charge >= 0.3 is 5.97 Å². The van der Waals surface area contributed by atoms with Gasteiger partial charge in [0.05, 0.1) is 12.2 Å². The molecule has 1 aliphatic carbocycles. The van der Waals surface area contributed by atoms with Crippen LogP contribution in [0.1, 0.15) is 33.1 Å². The van der Waals surface area contributed by atoms with Gasteiger partial charge in [-0.15, -0.1) is 0 Å². The van der Waals surface area contributed by atoms with Crippen molar-refractivity contribution in [3.8, 4) is 0 Å². The summed E-state index contributed by atoms with van der Waals surface area (Å²) in [4.78, 5) is 10.9. The second-order valence-electron chi connectivity index (χ2n) is 4.38. The average molecular weight is 226 g/mol. The fourth-order valence-electron chi connectivity index (χ4n) is 2.17. The molecule has 3 atom stereocenters. The molecular formula is C12H18O4. The second-order valence-corrected chi connectivity index (χ2v) is 4.38. The first kappa shape index (κ1) is 11.6. The van der Waals surface area contributed by atoms with Crippen molar-refractivity contribution in [2.75, 3.05) is 0 Å². The van der Waals surface area contributed by atoms with E-state index in [9.17, 15) is 4.79 Å². The van der Waals surface area contributed by atoms with Crippen molar-refractivity contribution in [1.29, 1.82) is 0 Å². The molecule has 1 N–H and O–H groups in total. The van der Waals surface area contributed by atoms with E-state index in [0.717, 1.165) is 12.8 Å². The van der Waals surface area contributed by atoms with Crippen LogP contribution >= 0.6 is 0 Å². The van der Waals surface area contributed by atoms with Crippen molar-refractivity contribution >= 4 is 5.97 Å². The largest absolute Gasteiger partial charge is 0.478 e. The molecule has 0 saturated carbocycles. The predicted molar refractivity (Wildman–Crippen MR) is 58.2 cm³/mol. The van der Waals surface area contributed by atoms with Gasteiger partial charge in [0.1, 0.15) is 12.2 Å². The van der Waals surface area contributed by atoms with Gasteiger partial charge in [0, 0.05) is 12.0 Å². The molecule has 2 aliphatic rings. The smallest absolute Gasteiger partial charge is 0.331 e. The Balaban J connectivity index is 2.02. The van der Waals surface area contributed by atoms with Crippen molar-refractivity contribution in [2.24, 2.45) is 0 Å². The van der Waals surface area contributed by atoms with Gasteiger partial charge in [-0.3, -0.25) is 0 Å². The minimum atomic E-state index is -0.855. The number of carbonyl (C=O) groups is 1. The zero-order valence-corrected chi connectivity index (χ0v) is 9.68. The fourth-order valence-corrected chi connectivity index (χ4v) is 2.17. The van der Waals surface area contributed by atoms with Crippen molar-refractivity contribution in [2.45, 2.75) is 57.5 Å². The molecule has 0 aromatic rings. The average Bonchev–Trinajstić information content (AvgIpc) is 3.04. The molecule has 1 heterocycles. The summed E-state index contributed by atoms with van der Waals surface area (Å²) < 4.78 is 11.3. The number of rotatable bonds is 5. The van der Waals surface area contributed by atoms with E-state index in [1.807, 2.05) is 0 Å². The highest BCUT2D eigenvalue weighted by Crippen LogP contribution is 2.38. The van der Waals surface area contributed by atoms with Crippen LogP contribution < -0.4 is 0 Å². The van der Waals surface area contributed by atoms with Crippen LogP contribution in [0.3, 0.4) is 0 Å². The van der Waals surface area contributed by atoms with Gasteiger partial charge in [-0.25, -0.2) is 4.79 Å². The lowest BCUT2D eigenvalue weighted by Gasteiger charge is -2.22. The standard InChI is InChI=1S/C12H18O4/c1-3-8(4-2)15-9-5-7(12(13)14)6-10-11(9)16-10/h5,8-11H,3-4,6H2,1-2H3,(H,13,14)/t9-,10+,11-/m0/s1. The lowest BCUT2D eigenvalue weighted by molar-refractivity contribution is -0.133. The van der Waals surface area contributed by atoms with Gasteiger partial charge in [0.15, 0.2) is 0 Å². The summed E-state index contributed by atoms with van der Waals surface area (Å²) in [5.41, 5.74) is 0.426. The maximum atomic E-state index is 10.9. The maximum Gasteiger partial charge on any atom is 0.331 e. The molecule has 0 unspecified atom stereocenters. The van der Waals surface area contributed by atoms with Crippen LogP contribution in [-0.2, 0) is 14.3 Å². The quantitative estimate of drug-likeness (QED) is 0.725. The van der Waals surface area contributed by atoms with Crippen molar-refractivity contribution in [1.82, 2.24) is 0 Å². The Labute approximate surface area is 95.2 Å². The summed E-state index contributed by atoms with van der Waals surface area (Å²) in [5, 5.41) is 8.96. The first-order valence-corrected chi connectivity index (χ1v) is 5.90. The van der Waals surface area contributed by atoms with Crippen molar-refractivity contribution in [3.05, 3.63) is 11.6 Å². The molecule has 4 nitrogen and oxygen atoms in total. The summed E-state index contributed by atoms with van der Waals surface area (Å²) in [6, 6.07) is 0. The topological polar surface area (TPSA) is 59.1 Å². The molecule has 0 aromatic heterocycles. The Morgan fingerprint density at radius 1 is 1.62 bits per heavy atom. The first-order valence-electron chi connectivity index (χ1n) is 5.90. The molecule has 90 valence electrons. The van der Waals surface area contributed by atoms with E-state index in [4.69, 9.17) is 14.6 Å². The molecule has 4 heteroatoms. The fraction of sp³-hybridized carbons (Fsp3) is 0.750. The highest BCUT2D eigenvalue weighted by atomic mass is 16.6. The van der Waals surface area contributed by atoms with E-state index >= 15 is 0 Å². The van der Waals surface area contributed by atoms with Crippen LogP contribution in [-0.4, -0.2) is 35.5 Å². The predicted octanol–water partition coefficient (Wildman–Crippen LogP) is 1.74. The van der Waals surface area contributed by atoms with Crippen LogP contribution in [0.15, 0.2) is 11.6 Å². The number of fused-ring (bicyclic) bond motifs is 1. The van der Waals surface area contributed by atoms with E-state index < -0.39 is 5.97 Å². The highest BCUT2D eigenvalue weighted by Gasteiger charge is 2.49. The monoisotopic (exact) mass is 226 g/mol. The molecule has 0 radical (unpaired) electrons. The summed E-state index contributed by atoms with van der Waals surface area (Å²) in [6.45, 7) is 4.15. The molecule has 0 spiro atoms. The third-order valence-electron chi connectivity index (χ3n) is 3.27. The van der Waals surface area contributed by atoms with Gasteiger partial charge < -0.3 is 14.6 Å². The number of carboxylic acid groups (broad SMARTS) is 1. The lowest BCUT2D eigenvalue weighted by atomic mass is 9.97. The highest BCUT2D eigenvalue weighted by molar-refractivity contribution is 5.87. The summed E-state index contributed by atoms with van der Waals surface area (Å²) in [6.07, 6.45) is 4.30. The normalized spacial score (nSPS) is 32.2. The maximum absolute atomic E-state index is 10.9. The minimum absolute atomic E-state index is 0.0652. The molecule has 1 fully saturated rings. The van der Waals surface area contributed by atoms with Gasteiger partial charge in [0.25, 0.3) is 0 Å². The Bertz CT molecular complexity index is 306. The number of hydrogen-bond donors (Lipinski definition) is 1. The van der Waals surface area contributed by atoms with Gasteiger partial charge in [0.2, 0.25) is 0 Å². The number of carboxylic acids is 1. The second kappa shape index (κ2) is 4.55. The molecule has 0 bridgehead atoms. The minimum Gasteiger partial charge on any atom is -0.478 e. The van der Waals surface area contributed by atoms with Crippen LogP contribution in [0.2, 0.25) is 0 Å². The zero-order valence-electron chi connectivity index (χ0n) is 9.68. The number of ether oxygens (including phenoxy) is 2. The Kier molecular flexibility index (Phi) is 3.30. The zero-order chi connectivity index (χ0) is 11.7. The Morgan fingerprint density at radius 2 is 2.31 bits per heavy atom. The van der Waals surface area contributed by atoms with E-state index in [1.165, 1.54) is 0 Å². The molecule has 1 saturated heterocycles. The molecule has 2 rings (SSSR count). The van der Waals surface area contributed by atoms with Crippen LogP contribution in [0.4, 0.5) is 0 Å². The third-order valence-corrected chi connectivity index (χ3v) is 3.27. The molecule has 16 heavy (non-hydrogen) atoms. The SMILES string of the molecule is CCC(CC)O[C@H]1C=C(C(=O)O)C[C@H]2O[C@@H]12. The Hall–Kier alpha value is -0.870. The Morgan fingerprint density at radius 3 is 2.88 bits per heavy atom. The lowest BCUT2D eigenvalue weighted by Crippen LogP contribution is -2.29. The number of hydrogen-bond acceptors (Lipinski definition) is 3. The van der Waals surface area contributed by atoms with E-state index in [-0.39, 0.29) is 24.4 Å². The van der Waals surface area contributed by atoms with Crippen LogP contribution in [0.25, 0.3) is 0 Å². The number of epoxide rings is 1. The van der Waals surface area contributed by atoms with E-state index in [1.54, 1.807) is 6.08 Å². The molecular weight excluding hydrogens is 208 g/mol. The summed E-state index contributed by atoms with van der Waals surface area (Å²) >= 11 is 0. The van der Waals surface area contributed by atoms with E-state index in [2.05, 4.69) is 13.8 Å². The molecule has 0 amide bonds. The summed E-state index contributed by atoms with van der Waals surface area (Å²) in [5.74, 6) is -0.855. The molecule has 0 aromatic carbocycles. The van der Waals surface area contributed by atoms with Crippen LogP contribution in [0, 0.1) is 0 Å². The summed E-state index contributed by atoms with van der Waals surface area (Å²) in [7, 11) is 0. The third kappa shape index (κ3) is 2.28. The van der Waals surface area contributed by atoms with Crippen LogP contribution in [0.5, 0.6) is 0 Å². The van der Waals surface area contributed by atoms with Crippen molar-refractivity contribution in [3.63, 3.8) is 0 Å². The first-order chi connectivity index (χ1) is 7.65.